The molecule has 1 amide bonds. The number of morpholine rings is 1. The maximum atomic E-state index is 15.0. The highest BCUT2D eigenvalue weighted by Crippen LogP contribution is 2.46. The number of halogens is 7. The predicted octanol–water partition coefficient (Wildman–Crippen LogP) is 6.08. The van der Waals surface area contributed by atoms with E-state index in [4.69, 9.17) is 14.7 Å². The highest BCUT2D eigenvalue weighted by Gasteiger charge is 2.50. The van der Waals surface area contributed by atoms with E-state index in [1.54, 1.807) is 31.3 Å². The number of nitrogens with one attached hydrogen (secondary N) is 2. The van der Waals surface area contributed by atoms with Crippen LogP contribution in [0.5, 0.6) is 0 Å². The Labute approximate surface area is 328 Å². The maximum absolute atomic E-state index is 15.0. The Bertz CT molecular complexity index is 2690. The lowest BCUT2D eigenvalue weighted by molar-refractivity contribution is -0.142. The van der Waals surface area contributed by atoms with Gasteiger partial charge in [-0.05, 0) is 42.7 Å². The zero-order valence-electron chi connectivity index (χ0n) is 30.5. The number of carbonyl (C=O) groups is 1. The molecule has 5 heterocycles. The summed E-state index contributed by atoms with van der Waals surface area (Å²) in [5.74, 6) is -6.59. The summed E-state index contributed by atoms with van der Waals surface area (Å²) < 4.78 is 136. The number of rotatable bonds is 10. The van der Waals surface area contributed by atoms with Crippen molar-refractivity contribution in [2.45, 2.75) is 43.9 Å². The largest absolute Gasteiger partial charge is 0.435 e. The number of anilines is 2. The van der Waals surface area contributed by atoms with Crippen LogP contribution in [0.2, 0.25) is 0 Å². The first-order valence-corrected chi connectivity index (χ1v) is 20.4. The third-order valence-corrected chi connectivity index (χ3v) is 11.4. The van der Waals surface area contributed by atoms with E-state index in [-0.39, 0.29) is 29.1 Å². The van der Waals surface area contributed by atoms with E-state index in [0.29, 0.717) is 68.9 Å². The highest BCUT2D eigenvalue weighted by atomic mass is 32.2. The molecule has 1 fully saturated rings. The molecule has 306 valence electrons. The van der Waals surface area contributed by atoms with E-state index < -0.39 is 82.0 Å². The van der Waals surface area contributed by atoms with Crippen molar-refractivity contribution in [2.24, 2.45) is 7.05 Å². The van der Waals surface area contributed by atoms with Crippen molar-refractivity contribution < 1.29 is 48.7 Å². The fourth-order valence-electron chi connectivity index (χ4n) is 7.49. The van der Waals surface area contributed by atoms with Gasteiger partial charge in [0.1, 0.15) is 23.9 Å². The molecule has 22 heteroatoms. The Balaban J connectivity index is 1.29. The molecule has 2 N–H and O–H groups in total. The van der Waals surface area contributed by atoms with E-state index in [0.717, 1.165) is 18.4 Å². The minimum absolute atomic E-state index is 0.0201. The van der Waals surface area contributed by atoms with Crippen LogP contribution in [0.1, 0.15) is 40.7 Å². The van der Waals surface area contributed by atoms with Crippen molar-refractivity contribution in [3.63, 3.8) is 0 Å². The van der Waals surface area contributed by atoms with E-state index in [9.17, 15) is 35.2 Å². The second-order valence-electron chi connectivity index (χ2n) is 14.0. The number of amides is 1. The number of benzene rings is 2. The lowest BCUT2D eigenvalue weighted by atomic mass is 9.94. The molecule has 1 saturated heterocycles. The van der Waals surface area contributed by atoms with Crippen LogP contribution in [0.25, 0.3) is 32.4 Å². The predicted molar refractivity (Wildman–Crippen MR) is 199 cm³/mol. The van der Waals surface area contributed by atoms with Crippen LogP contribution in [0.4, 0.5) is 41.7 Å². The number of fused-ring (bicyclic) bond motifs is 3. The lowest BCUT2D eigenvalue weighted by Crippen LogP contribution is -2.36. The first kappa shape index (κ1) is 39.5. The summed E-state index contributed by atoms with van der Waals surface area (Å²) in [4.78, 5) is 25.6. The molecule has 4 aromatic heterocycles. The summed E-state index contributed by atoms with van der Waals surface area (Å²) in [6.45, 7) is 0.941. The van der Waals surface area contributed by atoms with Crippen LogP contribution in [0.15, 0.2) is 42.5 Å². The molecule has 1 aliphatic carbocycles. The van der Waals surface area contributed by atoms with Crippen molar-refractivity contribution in [2.75, 3.05) is 42.2 Å². The number of alkyl halides is 5. The van der Waals surface area contributed by atoms with Crippen LogP contribution >= 0.6 is 11.3 Å². The second-order valence-corrected chi connectivity index (χ2v) is 16.8. The number of aromatic nitrogens is 6. The Morgan fingerprint density at radius 1 is 1.03 bits per heavy atom. The van der Waals surface area contributed by atoms with Crippen LogP contribution < -0.4 is 14.9 Å². The molecule has 0 spiro atoms. The molecular formula is C36H32F7N9O4S2. The number of carbonyl (C=O) groups excluding carboxylic acids is 1. The van der Waals surface area contributed by atoms with Gasteiger partial charge >= 0.3 is 6.18 Å². The summed E-state index contributed by atoms with van der Waals surface area (Å²) in [5.41, 5.74) is -1.66. The van der Waals surface area contributed by atoms with Gasteiger partial charge in [0.2, 0.25) is 15.9 Å². The minimum Gasteiger partial charge on any atom is -0.378 e. The van der Waals surface area contributed by atoms with Gasteiger partial charge in [-0.2, -0.15) is 37.1 Å². The lowest BCUT2D eigenvalue weighted by Gasteiger charge is -2.25. The van der Waals surface area contributed by atoms with Gasteiger partial charge in [-0.25, -0.2) is 22.2 Å². The number of aryl methyl sites for hydroxylation is 1. The van der Waals surface area contributed by atoms with Crippen molar-refractivity contribution in [3.05, 3.63) is 82.3 Å². The molecule has 6 aromatic rings. The molecule has 0 bridgehead atoms. The Morgan fingerprint density at radius 2 is 1.76 bits per heavy atom. The van der Waals surface area contributed by atoms with Gasteiger partial charge in [0.05, 0.1) is 41.4 Å². The first-order chi connectivity index (χ1) is 27.3. The summed E-state index contributed by atoms with van der Waals surface area (Å²) in [5, 5.41) is 11.5. The molecule has 0 saturated carbocycles. The molecule has 1 aliphatic heterocycles. The first-order valence-electron chi connectivity index (χ1n) is 17.7. The van der Waals surface area contributed by atoms with Gasteiger partial charge in [-0.3, -0.25) is 18.9 Å². The highest BCUT2D eigenvalue weighted by molar-refractivity contribution is 7.92. The number of para-hydroxylation sites is 1. The maximum Gasteiger partial charge on any atom is 0.435 e. The number of hydrogen-bond donors (Lipinski definition) is 2. The third-order valence-electron chi connectivity index (χ3n) is 9.79. The normalized spacial score (nSPS) is 16.3. The second kappa shape index (κ2) is 14.5. The van der Waals surface area contributed by atoms with Crippen LogP contribution in [-0.2, 0) is 58.1 Å². The fraction of sp³-hybridized carbons (Fsp3) is 0.361. The summed E-state index contributed by atoms with van der Waals surface area (Å²) in [6.07, 6.45) is -5.93. The van der Waals surface area contributed by atoms with Crippen LogP contribution in [-0.4, -0.2) is 76.4 Å². The molecule has 8 rings (SSSR count). The van der Waals surface area contributed by atoms with Crippen molar-refractivity contribution in [1.29, 1.82) is 0 Å². The number of sulfonamides is 1. The third kappa shape index (κ3) is 7.66. The summed E-state index contributed by atoms with van der Waals surface area (Å²) >= 11 is 1.32. The Kier molecular flexibility index (Phi) is 9.86. The zero-order chi connectivity index (χ0) is 41.3. The average Bonchev–Trinajstić information content (AvgIpc) is 3.89. The van der Waals surface area contributed by atoms with Gasteiger partial charge in [0, 0.05) is 54.7 Å². The fourth-order valence-corrected chi connectivity index (χ4v) is 8.99. The summed E-state index contributed by atoms with van der Waals surface area (Å²) in [6, 6.07) is 8.10. The quantitative estimate of drug-likeness (QED) is 0.156. The number of ether oxygens (including phenoxy) is 1. The van der Waals surface area contributed by atoms with Crippen LogP contribution in [0, 0.1) is 11.6 Å². The van der Waals surface area contributed by atoms with E-state index in [1.165, 1.54) is 16.0 Å². The SMILES string of the molecule is Cn1nc(NS(C)(=O)=O)c2cccc(-c3cc4sc(N5CCOCC5)nc4nc3[C@H](Cc3cc(F)cc(F)c3)NC(=O)Cn3nc(C(F)(F)F)c4c3C(F)(F)CC4)c21. The van der Waals surface area contributed by atoms with Gasteiger partial charge in [0.15, 0.2) is 22.3 Å². The van der Waals surface area contributed by atoms with Crippen LogP contribution in [0.3, 0.4) is 0 Å². The topological polar surface area (TPSA) is 149 Å². The molecule has 0 radical (unpaired) electrons. The summed E-state index contributed by atoms with van der Waals surface area (Å²) in [7, 11) is -2.19. The standard InChI is InChI=1S/C36H32F7N9O4S2/c1-50-29-21(4-3-5-22(29)32(48-50)49-58(2,54)55)24-16-26-33(46-34(57-26)51-8-10-56-11-9-51)45-28(24)25(14-18-12-19(37)15-20(38)13-18)44-27(53)17-52-31-23(6-7-35(31,39)40)30(47-52)36(41,42)43/h3-5,12-13,15-16,25H,6-11,14,17H2,1-2H3,(H,44,53)(H,48,49)/t25-/m0/s1. The molecule has 58 heavy (non-hydrogen) atoms. The molecule has 13 nitrogen and oxygen atoms in total. The monoisotopic (exact) mass is 851 g/mol. The molecule has 1 atom stereocenters. The van der Waals surface area contributed by atoms with E-state index in [1.807, 2.05) is 4.90 Å². The van der Waals surface area contributed by atoms with E-state index in [2.05, 4.69) is 20.2 Å². The van der Waals surface area contributed by atoms with Crippen molar-refractivity contribution in [1.82, 2.24) is 34.8 Å². The number of pyridine rings is 1. The zero-order valence-corrected chi connectivity index (χ0v) is 32.1. The van der Waals surface area contributed by atoms with Crippen molar-refractivity contribution in [3.8, 4) is 11.1 Å². The van der Waals surface area contributed by atoms with Gasteiger partial charge in [0.25, 0.3) is 5.92 Å². The number of thiazole rings is 1. The molecule has 0 unspecified atom stereocenters. The number of hydrogen-bond acceptors (Lipinski definition) is 10. The van der Waals surface area contributed by atoms with Crippen molar-refractivity contribution >= 4 is 59.5 Å². The van der Waals surface area contributed by atoms with E-state index >= 15 is 8.78 Å². The number of nitrogens with zero attached hydrogens (tertiary/aromatic N) is 7. The molecule has 2 aliphatic rings. The molecular weight excluding hydrogens is 820 g/mol. The Morgan fingerprint density at radius 3 is 2.45 bits per heavy atom. The smallest absolute Gasteiger partial charge is 0.378 e. The van der Waals surface area contributed by atoms with Gasteiger partial charge in [-0.1, -0.05) is 23.5 Å². The minimum atomic E-state index is -5.07. The Hall–Kier alpha value is -5.35. The molecule has 2 aromatic carbocycles. The average molecular weight is 852 g/mol. The van der Waals surface area contributed by atoms with Gasteiger partial charge < -0.3 is 15.0 Å². The van der Waals surface area contributed by atoms with Gasteiger partial charge in [-0.15, -0.1) is 0 Å².